The molecule has 0 saturated carbocycles. The van der Waals surface area contributed by atoms with E-state index in [0.29, 0.717) is 31.5 Å². The number of methoxy groups -OCH3 is 1. The van der Waals surface area contributed by atoms with Crippen LogP contribution in [0.4, 0.5) is 13.2 Å². The standard InChI is InChI=1S/C25H18F3N3O2S2/c1-33-18-9-7-15(8-10-18)13-31-23(32)21-20(19-6-3-11-29-22(19)35-21)30-24(31)34-14-16-4-2-5-17(12-16)25(26,27)28/h2-12H,13-14H2,1H3. The second-order valence-electron chi connectivity index (χ2n) is 7.76. The molecular weight excluding hydrogens is 495 g/mol. The Kier molecular flexibility index (Phi) is 6.24. The number of thioether (sulfide) groups is 1. The van der Waals surface area contributed by atoms with Gasteiger partial charge in [-0.2, -0.15) is 13.2 Å². The normalized spacial score (nSPS) is 11.9. The van der Waals surface area contributed by atoms with Crippen LogP contribution in [0.3, 0.4) is 0 Å². The first-order valence-electron chi connectivity index (χ1n) is 10.5. The van der Waals surface area contributed by atoms with E-state index < -0.39 is 11.7 Å². The lowest BCUT2D eigenvalue weighted by Crippen LogP contribution is -2.23. The molecule has 0 unspecified atom stereocenters. The van der Waals surface area contributed by atoms with Crippen LogP contribution in [0, 0.1) is 0 Å². The summed E-state index contributed by atoms with van der Waals surface area (Å²) in [6.45, 7) is 0.262. The van der Waals surface area contributed by atoms with E-state index in [1.807, 2.05) is 30.3 Å². The maximum atomic E-state index is 13.6. The smallest absolute Gasteiger partial charge is 0.416 e. The minimum absolute atomic E-state index is 0.208. The second kappa shape index (κ2) is 9.35. The van der Waals surface area contributed by atoms with Crippen molar-refractivity contribution >= 4 is 43.5 Å². The van der Waals surface area contributed by atoms with Crippen molar-refractivity contribution in [2.45, 2.75) is 23.6 Å². The van der Waals surface area contributed by atoms with E-state index in [1.54, 1.807) is 30.0 Å². The topological polar surface area (TPSA) is 57.0 Å². The summed E-state index contributed by atoms with van der Waals surface area (Å²) in [5.41, 5.74) is 1.01. The molecule has 5 rings (SSSR count). The van der Waals surface area contributed by atoms with Gasteiger partial charge in [-0.05, 0) is 41.5 Å². The summed E-state index contributed by atoms with van der Waals surface area (Å²) in [4.78, 5) is 23.4. The molecule has 178 valence electrons. The number of fused-ring (bicyclic) bond motifs is 3. The number of pyridine rings is 1. The lowest BCUT2D eigenvalue weighted by molar-refractivity contribution is -0.137. The van der Waals surface area contributed by atoms with Crippen LogP contribution < -0.4 is 10.3 Å². The Morgan fingerprint density at radius 2 is 1.86 bits per heavy atom. The maximum absolute atomic E-state index is 13.6. The zero-order valence-electron chi connectivity index (χ0n) is 18.4. The molecule has 3 aromatic heterocycles. The zero-order valence-corrected chi connectivity index (χ0v) is 20.0. The summed E-state index contributed by atoms with van der Waals surface area (Å²) in [7, 11) is 1.58. The molecule has 0 aliphatic rings. The Bertz CT molecular complexity index is 1580. The van der Waals surface area contributed by atoms with Gasteiger partial charge in [-0.15, -0.1) is 11.3 Å². The third-order valence-corrected chi connectivity index (χ3v) is 7.58. The van der Waals surface area contributed by atoms with Crippen LogP contribution in [-0.2, 0) is 18.5 Å². The molecule has 0 radical (unpaired) electrons. The monoisotopic (exact) mass is 513 g/mol. The molecule has 0 bridgehead atoms. The van der Waals surface area contributed by atoms with E-state index >= 15 is 0 Å². The number of benzene rings is 2. The fraction of sp³-hybridized carbons (Fsp3) is 0.160. The van der Waals surface area contributed by atoms with E-state index in [1.165, 1.54) is 29.2 Å². The largest absolute Gasteiger partial charge is 0.497 e. The molecular formula is C25H18F3N3O2S2. The number of rotatable bonds is 6. The van der Waals surface area contributed by atoms with E-state index in [4.69, 9.17) is 9.72 Å². The van der Waals surface area contributed by atoms with Crippen molar-refractivity contribution in [3.8, 4) is 5.75 Å². The predicted molar refractivity (Wildman–Crippen MR) is 132 cm³/mol. The summed E-state index contributed by atoms with van der Waals surface area (Å²) in [6.07, 6.45) is -2.76. The van der Waals surface area contributed by atoms with Crippen LogP contribution in [0.5, 0.6) is 5.75 Å². The molecule has 5 aromatic rings. The number of aromatic nitrogens is 3. The van der Waals surface area contributed by atoms with Gasteiger partial charge in [0.05, 0.1) is 24.7 Å². The number of halogens is 3. The van der Waals surface area contributed by atoms with E-state index in [0.717, 1.165) is 23.1 Å². The number of thiophene rings is 1. The van der Waals surface area contributed by atoms with E-state index in [2.05, 4.69) is 4.98 Å². The number of hydrogen-bond acceptors (Lipinski definition) is 6. The highest BCUT2D eigenvalue weighted by molar-refractivity contribution is 7.98. The van der Waals surface area contributed by atoms with Crippen molar-refractivity contribution in [1.82, 2.24) is 14.5 Å². The minimum atomic E-state index is -4.42. The molecule has 0 aliphatic heterocycles. The molecule has 10 heteroatoms. The number of nitrogens with zero attached hydrogens (tertiary/aromatic N) is 3. The molecule has 0 aliphatic carbocycles. The molecule has 3 heterocycles. The van der Waals surface area contributed by atoms with Crippen LogP contribution in [0.1, 0.15) is 16.7 Å². The molecule has 2 aromatic carbocycles. The van der Waals surface area contributed by atoms with Gasteiger partial charge in [0.25, 0.3) is 5.56 Å². The number of hydrogen-bond donors (Lipinski definition) is 0. The minimum Gasteiger partial charge on any atom is -0.497 e. The van der Waals surface area contributed by atoms with Crippen molar-refractivity contribution < 1.29 is 17.9 Å². The second-order valence-corrected chi connectivity index (χ2v) is 9.70. The van der Waals surface area contributed by atoms with Crippen molar-refractivity contribution in [3.05, 3.63) is 93.9 Å². The van der Waals surface area contributed by atoms with Crippen LogP contribution in [-0.4, -0.2) is 21.6 Å². The van der Waals surface area contributed by atoms with Gasteiger partial charge in [-0.3, -0.25) is 9.36 Å². The summed E-state index contributed by atoms with van der Waals surface area (Å²) < 4.78 is 46.7. The Labute approximate surface area is 206 Å². The van der Waals surface area contributed by atoms with Crippen molar-refractivity contribution in [2.75, 3.05) is 7.11 Å². The molecule has 0 spiro atoms. The van der Waals surface area contributed by atoms with Crippen LogP contribution in [0.2, 0.25) is 0 Å². The molecule has 5 nitrogen and oxygen atoms in total. The van der Waals surface area contributed by atoms with Crippen molar-refractivity contribution in [3.63, 3.8) is 0 Å². The first kappa shape index (κ1) is 23.4. The summed E-state index contributed by atoms with van der Waals surface area (Å²) in [5, 5.41) is 1.21. The SMILES string of the molecule is COc1ccc(Cn2c(SCc3cccc(C(F)(F)F)c3)nc3c(sc4ncccc43)c2=O)cc1. The van der Waals surface area contributed by atoms with Gasteiger partial charge in [0, 0.05) is 17.3 Å². The van der Waals surface area contributed by atoms with Gasteiger partial charge >= 0.3 is 6.18 Å². The quantitative estimate of drug-likeness (QED) is 0.195. The first-order chi connectivity index (χ1) is 16.8. The number of alkyl halides is 3. The van der Waals surface area contributed by atoms with Crippen LogP contribution >= 0.6 is 23.1 Å². The zero-order chi connectivity index (χ0) is 24.6. The average molecular weight is 514 g/mol. The lowest BCUT2D eigenvalue weighted by Gasteiger charge is -2.13. The molecule has 0 atom stereocenters. The Hall–Kier alpha value is -3.37. The van der Waals surface area contributed by atoms with Gasteiger partial charge in [0.15, 0.2) is 5.16 Å². The van der Waals surface area contributed by atoms with E-state index in [-0.39, 0.29) is 17.9 Å². The fourth-order valence-electron chi connectivity index (χ4n) is 3.69. The highest BCUT2D eigenvalue weighted by Gasteiger charge is 2.30. The van der Waals surface area contributed by atoms with Crippen molar-refractivity contribution in [1.29, 1.82) is 0 Å². The Morgan fingerprint density at radius 1 is 1.06 bits per heavy atom. The van der Waals surface area contributed by atoms with Gasteiger partial charge in [-0.25, -0.2) is 9.97 Å². The molecule has 0 amide bonds. The first-order valence-corrected chi connectivity index (χ1v) is 12.3. The van der Waals surface area contributed by atoms with Gasteiger partial charge in [0.1, 0.15) is 15.3 Å². The third-order valence-electron chi connectivity index (χ3n) is 5.44. The Morgan fingerprint density at radius 3 is 2.60 bits per heavy atom. The van der Waals surface area contributed by atoms with Crippen molar-refractivity contribution in [2.24, 2.45) is 0 Å². The van der Waals surface area contributed by atoms with Gasteiger partial charge in [0.2, 0.25) is 0 Å². The predicted octanol–water partition coefficient (Wildman–Crippen LogP) is 6.37. The fourth-order valence-corrected chi connectivity index (χ4v) is 5.66. The maximum Gasteiger partial charge on any atom is 0.416 e. The highest BCUT2D eigenvalue weighted by Crippen LogP contribution is 2.33. The molecule has 0 saturated heterocycles. The van der Waals surface area contributed by atoms with Crippen LogP contribution in [0.25, 0.3) is 20.4 Å². The van der Waals surface area contributed by atoms with Gasteiger partial charge < -0.3 is 4.74 Å². The Balaban J connectivity index is 1.57. The lowest BCUT2D eigenvalue weighted by atomic mass is 10.1. The summed E-state index contributed by atoms with van der Waals surface area (Å²) in [6, 6.07) is 16.2. The highest BCUT2D eigenvalue weighted by atomic mass is 32.2. The molecule has 35 heavy (non-hydrogen) atoms. The average Bonchev–Trinajstić information content (AvgIpc) is 3.24. The van der Waals surface area contributed by atoms with E-state index in [9.17, 15) is 18.0 Å². The molecule has 0 fully saturated rings. The molecule has 0 N–H and O–H groups in total. The number of ether oxygens (including phenoxy) is 1. The van der Waals surface area contributed by atoms with Crippen LogP contribution in [0.15, 0.2) is 76.8 Å². The third kappa shape index (κ3) is 4.76. The summed E-state index contributed by atoms with van der Waals surface area (Å²) >= 11 is 2.52. The summed E-state index contributed by atoms with van der Waals surface area (Å²) in [5.74, 6) is 0.926. The van der Waals surface area contributed by atoms with Gasteiger partial charge in [-0.1, -0.05) is 42.1 Å².